The summed E-state index contributed by atoms with van der Waals surface area (Å²) in [6.07, 6.45) is 0.541. The van der Waals surface area contributed by atoms with Crippen molar-refractivity contribution in [2.45, 2.75) is 64.6 Å². The van der Waals surface area contributed by atoms with Crippen molar-refractivity contribution >= 4 is 11.9 Å². The first kappa shape index (κ1) is 27.4. The van der Waals surface area contributed by atoms with E-state index in [2.05, 4.69) is 21.0 Å². The van der Waals surface area contributed by atoms with Crippen molar-refractivity contribution in [3.8, 4) is 23.1 Å². The van der Waals surface area contributed by atoms with Crippen LogP contribution in [-0.2, 0) is 11.3 Å². The normalized spacial score (nSPS) is 20.8. The number of nitriles is 1. The van der Waals surface area contributed by atoms with Gasteiger partial charge in [-0.3, -0.25) is 4.68 Å². The van der Waals surface area contributed by atoms with Gasteiger partial charge in [0, 0.05) is 24.8 Å². The molecule has 1 aliphatic heterocycles. The van der Waals surface area contributed by atoms with Crippen LogP contribution < -0.4 is 10.5 Å². The van der Waals surface area contributed by atoms with Gasteiger partial charge in [-0.05, 0) is 63.1 Å². The first-order valence-electron chi connectivity index (χ1n) is 12.9. The van der Waals surface area contributed by atoms with Crippen molar-refractivity contribution in [3.05, 3.63) is 47.8 Å². The van der Waals surface area contributed by atoms with Crippen LogP contribution >= 0.6 is 0 Å². The molecule has 212 valence electrons. The Morgan fingerprint density at radius 3 is 2.70 bits per heavy atom. The van der Waals surface area contributed by atoms with Gasteiger partial charge >= 0.3 is 12.5 Å². The van der Waals surface area contributed by atoms with Crippen molar-refractivity contribution in [1.82, 2.24) is 24.5 Å². The number of rotatable bonds is 5. The van der Waals surface area contributed by atoms with Crippen molar-refractivity contribution in [1.29, 1.82) is 5.26 Å². The summed E-state index contributed by atoms with van der Waals surface area (Å²) in [5.41, 5.74) is 7.52. The fourth-order valence-electron chi connectivity index (χ4n) is 5.50. The predicted molar refractivity (Wildman–Crippen MR) is 138 cm³/mol. The molecule has 1 saturated heterocycles. The zero-order valence-electron chi connectivity index (χ0n) is 22.4. The van der Waals surface area contributed by atoms with E-state index in [1.807, 2.05) is 20.8 Å². The van der Waals surface area contributed by atoms with Crippen LogP contribution in [0.3, 0.4) is 0 Å². The van der Waals surface area contributed by atoms with Crippen molar-refractivity contribution in [2.75, 3.05) is 18.8 Å². The highest BCUT2D eigenvalue weighted by molar-refractivity contribution is 5.72. The summed E-state index contributed by atoms with van der Waals surface area (Å²) in [7, 11) is 0. The van der Waals surface area contributed by atoms with E-state index in [0.29, 0.717) is 29.9 Å². The molecule has 1 spiro atoms. The smallest absolute Gasteiger partial charge is 0.444 e. The number of halogens is 3. The first-order valence-corrected chi connectivity index (χ1v) is 12.9. The molecule has 2 aromatic heterocycles. The maximum absolute atomic E-state index is 12.6. The number of hydrogen-bond donors (Lipinski definition) is 1. The zero-order valence-corrected chi connectivity index (χ0v) is 22.4. The molecule has 1 saturated carbocycles. The Kier molecular flexibility index (Phi) is 6.68. The quantitative estimate of drug-likeness (QED) is 0.462. The molecule has 0 atom stereocenters. The highest BCUT2D eigenvalue weighted by atomic mass is 19.4. The van der Waals surface area contributed by atoms with E-state index in [1.165, 1.54) is 18.2 Å². The van der Waals surface area contributed by atoms with Gasteiger partial charge in [-0.1, -0.05) is 12.1 Å². The fraction of sp³-hybridized carbons (Fsp3) is 0.481. The van der Waals surface area contributed by atoms with Crippen LogP contribution in [0.1, 0.15) is 57.2 Å². The Morgan fingerprint density at radius 2 is 2.02 bits per heavy atom. The van der Waals surface area contributed by atoms with Gasteiger partial charge in [-0.2, -0.15) is 15.5 Å². The number of anilines is 1. The third-order valence-electron chi connectivity index (χ3n) is 7.22. The molecule has 1 amide bonds. The number of ether oxygens (including phenoxy) is 2. The maximum Gasteiger partial charge on any atom is 0.573 e. The van der Waals surface area contributed by atoms with Gasteiger partial charge in [0.1, 0.15) is 34.5 Å². The van der Waals surface area contributed by atoms with Gasteiger partial charge in [0.15, 0.2) is 0 Å². The van der Waals surface area contributed by atoms with E-state index in [1.54, 1.807) is 32.7 Å². The highest BCUT2D eigenvalue weighted by Gasteiger charge is 2.51. The minimum atomic E-state index is -4.78. The lowest BCUT2D eigenvalue weighted by Crippen LogP contribution is -2.43. The second-order valence-corrected chi connectivity index (χ2v) is 11.5. The van der Waals surface area contributed by atoms with Crippen molar-refractivity contribution < 1.29 is 27.4 Å². The van der Waals surface area contributed by atoms with Gasteiger partial charge in [0.25, 0.3) is 0 Å². The molecule has 10 nitrogen and oxygen atoms in total. The molecule has 13 heteroatoms. The molecule has 40 heavy (non-hydrogen) atoms. The van der Waals surface area contributed by atoms with Crippen LogP contribution in [0, 0.1) is 16.7 Å². The van der Waals surface area contributed by atoms with Gasteiger partial charge in [0.2, 0.25) is 0 Å². The molecule has 0 bridgehead atoms. The van der Waals surface area contributed by atoms with Gasteiger partial charge in [0.05, 0.1) is 18.8 Å². The lowest BCUT2D eigenvalue weighted by atomic mass is 9.65. The van der Waals surface area contributed by atoms with Crippen LogP contribution in [0.2, 0.25) is 0 Å². The average molecular weight is 558 g/mol. The summed E-state index contributed by atoms with van der Waals surface area (Å²) in [6, 6.07) is 7.79. The molecule has 5 rings (SSSR count). The number of likely N-dealkylation sites (tertiary alicyclic amines) is 1. The SMILES string of the molecule is CC(C)(C)OC(=O)N1CC[C@]2(C1)C[C@H](n1nc(-c3cnn(Cc4cccc(OC(F)(F)F)c4)c3)c(C#N)c1N)C2. The number of benzene rings is 1. The lowest BCUT2D eigenvalue weighted by molar-refractivity contribution is -0.274. The van der Waals surface area contributed by atoms with Gasteiger partial charge in [-0.15, -0.1) is 13.2 Å². The summed E-state index contributed by atoms with van der Waals surface area (Å²) in [5, 5.41) is 18.8. The van der Waals surface area contributed by atoms with Gasteiger partial charge < -0.3 is 20.1 Å². The number of hydrogen-bond acceptors (Lipinski definition) is 7. The molecule has 1 aliphatic carbocycles. The van der Waals surface area contributed by atoms with E-state index in [4.69, 9.17) is 10.5 Å². The summed E-state index contributed by atoms with van der Waals surface area (Å²) in [4.78, 5) is 14.2. The Morgan fingerprint density at radius 1 is 1.27 bits per heavy atom. The van der Waals surface area contributed by atoms with Crippen molar-refractivity contribution in [3.63, 3.8) is 0 Å². The lowest BCUT2D eigenvalue weighted by Gasteiger charge is -2.45. The Bertz CT molecular complexity index is 1460. The summed E-state index contributed by atoms with van der Waals surface area (Å²) < 4.78 is 50.4. The predicted octanol–water partition coefficient (Wildman–Crippen LogP) is 5.11. The van der Waals surface area contributed by atoms with Crippen LogP contribution in [0.4, 0.5) is 23.8 Å². The number of amides is 1. The van der Waals surface area contributed by atoms with E-state index in [0.717, 1.165) is 19.3 Å². The minimum Gasteiger partial charge on any atom is -0.444 e. The van der Waals surface area contributed by atoms with Crippen LogP contribution in [0.5, 0.6) is 5.75 Å². The fourth-order valence-corrected chi connectivity index (χ4v) is 5.50. The van der Waals surface area contributed by atoms with E-state index < -0.39 is 12.0 Å². The molecule has 3 aromatic rings. The zero-order chi connectivity index (χ0) is 28.9. The molecule has 2 fully saturated rings. The van der Waals surface area contributed by atoms with E-state index >= 15 is 0 Å². The second kappa shape index (κ2) is 9.76. The monoisotopic (exact) mass is 557 g/mol. The molecule has 1 aromatic carbocycles. The van der Waals surface area contributed by atoms with Crippen LogP contribution in [0.25, 0.3) is 11.3 Å². The number of nitrogens with two attached hydrogens (primary N) is 1. The molecule has 3 heterocycles. The number of nitrogen functional groups attached to an aromatic ring is 1. The number of carbonyl (C=O) groups excluding carboxylic acids is 1. The first-order chi connectivity index (χ1) is 18.7. The maximum atomic E-state index is 12.6. The minimum absolute atomic E-state index is 0.00847. The number of aromatic nitrogens is 4. The summed E-state index contributed by atoms with van der Waals surface area (Å²) in [6.45, 7) is 6.96. The number of alkyl halides is 3. The second-order valence-electron chi connectivity index (χ2n) is 11.5. The third-order valence-corrected chi connectivity index (χ3v) is 7.22. The highest BCUT2D eigenvalue weighted by Crippen LogP contribution is 2.55. The summed E-state index contributed by atoms with van der Waals surface area (Å²) in [5.74, 6) is -0.0468. The molecule has 0 radical (unpaired) electrons. The largest absolute Gasteiger partial charge is 0.573 e. The third kappa shape index (κ3) is 5.71. The van der Waals surface area contributed by atoms with Gasteiger partial charge in [-0.25, -0.2) is 9.48 Å². The standard InChI is InChI=1S/C27H30F3N7O3/c1-25(2,3)40-24(38)35-8-7-26(16-35)10-19(11-26)37-23(32)21(12-31)22(34-37)18-13-33-36(15-18)14-17-5-4-6-20(9-17)39-27(28,29)30/h4-6,9,13,15,19H,7-8,10-11,14,16,32H2,1-3H3/t19-,26-. The topological polar surface area (TPSA) is 124 Å². The Hall–Kier alpha value is -4.21. The van der Waals surface area contributed by atoms with Crippen molar-refractivity contribution in [2.24, 2.45) is 5.41 Å². The number of carbonyl (C=O) groups is 1. The molecular formula is C27H30F3N7O3. The molecule has 2 aliphatic rings. The molecule has 0 unspecified atom stereocenters. The average Bonchev–Trinajstić information content (AvgIpc) is 3.53. The molecule has 2 N–H and O–H groups in total. The Balaban J connectivity index is 1.27. The Labute approximate surface area is 229 Å². The van der Waals surface area contributed by atoms with Crippen LogP contribution in [-0.4, -0.2) is 55.6 Å². The number of nitrogens with zero attached hydrogens (tertiary/aromatic N) is 6. The van der Waals surface area contributed by atoms with E-state index in [9.17, 15) is 23.2 Å². The van der Waals surface area contributed by atoms with E-state index in [-0.39, 0.29) is 41.2 Å². The molecular weight excluding hydrogens is 527 g/mol. The summed E-state index contributed by atoms with van der Waals surface area (Å²) >= 11 is 0. The van der Waals surface area contributed by atoms with Crippen LogP contribution in [0.15, 0.2) is 36.7 Å².